The first kappa shape index (κ1) is 15.0. The van der Waals surface area contributed by atoms with E-state index in [1.165, 1.54) is 17.2 Å². The van der Waals surface area contributed by atoms with Crippen molar-refractivity contribution in [2.24, 2.45) is 0 Å². The normalized spacial score (nSPS) is 12.4. The Morgan fingerprint density at radius 3 is 2.25 bits per heavy atom. The molecule has 0 nitrogen and oxygen atoms in total. The molecule has 2 aromatic carbocycles. The Kier molecular flexibility index (Phi) is 5.13. The monoisotopic (exact) mass is 294 g/mol. The Bertz CT molecular complexity index is 564. The number of benzene rings is 2. The smallest absolute Gasteiger partial charge is 0.159 e. The van der Waals surface area contributed by atoms with Crippen molar-refractivity contribution in [2.75, 3.05) is 0 Å². The van der Waals surface area contributed by atoms with Gasteiger partial charge in [-0.05, 0) is 49.4 Å². The molecule has 0 aliphatic heterocycles. The Labute approximate surface area is 123 Å². The first-order valence-corrected chi connectivity index (χ1v) is 7.12. The van der Waals surface area contributed by atoms with Crippen molar-refractivity contribution in [2.45, 2.75) is 31.6 Å². The zero-order valence-electron chi connectivity index (χ0n) is 11.4. The lowest BCUT2D eigenvalue weighted by molar-refractivity contribution is 0.506. The summed E-state index contributed by atoms with van der Waals surface area (Å²) in [6.45, 7) is 2.05. The average molecular weight is 295 g/mol. The summed E-state index contributed by atoms with van der Waals surface area (Å²) in [5.74, 6) is -1.63. The minimum atomic E-state index is -0.820. The van der Waals surface area contributed by atoms with Crippen molar-refractivity contribution in [3.8, 4) is 0 Å². The van der Waals surface area contributed by atoms with Gasteiger partial charge in [0.2, 0.25) is 0 Å². The lowest BCUT2D eigenvalue weighted by atomic mass is 10.0. The molecule has 0 heterocycles. The maximum absolute atomic E-state index is 13.1. The van der Waals surface area contributed by atoms with E-state index in [4.69, 9.17) is 11.6 Å². The number of rotatable bonds is 5. The van der Waals surface area contributed by atoms with Crippen molar-refractivity contribution in [3.63, 3.8) is 0 Å². The van der Waals surface area contributed by atoms with Crippen LogP contribution in [0.4, 0.5) is 8.78 Å². The molecule has 2 aromatic rings. The van der Waals surface area contributed by atoms with E-state index in [-0.39, 0.29) is 5.38 Å². The molecular formula is C17H17ClF2. The van der Waals surface area contributed by atoms with Gasteiger partial charge in [0.05, 0.1) is 0 Å². The Balaban J connectivity index is 1.87. The molecule has 0 spiro atoms. The highest BCUT2D eigenvalue weighted by atomic mass is 35.5. The van der Waals surface area contributed by atoms with Gasteiger partial charge in [0.25, 0.3) is 0 Å². The second-order valence-electron chi connectivity index (χ2n) is 5.07. The van der Waals surface area contributed by atoms with E-state index in [1.54, 1.807) is 6.07 Å². The molecule has 0 aromatic heterocycles. The van der Waals surface area contributed by atoms with E-state index in [2.05, 4.69) is 31.2 Å². The highest BCUT2D eigenvalue weighted by Crippen LogP contribution is 2.17. The minimum Gasteiger partial charge on any atom is -0.204 e. The summed E-state index contributed by atoms with van der Waals surface area (Å²) >= 11 is 6.27. The van der Waals surface area contributed by atoms with Crippen molar-refractivity contribution in [3.05, 3.63) is 70.8 Å². The highest BCUT2D eigenvalue weighted by Gasteiger charge is 2.09. The Morgan fingerprint density at radius 2 is 1.60 bits per heavy atom. The van der Waals surface area contributed by atoms with Crippen molar-refractivity contribution < 1.29 is 8.78 Å². The van der Waals surface area contributed by atoms with E-state index < -0.39 is 11.6 Å². The molecule has 0 aliphatic carbocycles. The van der Waals surface area contributed by atoms with Gasteiger partial charge in [-0.1, -0.05) is 35.9 Å². The molecule has 0 bridgehead atoms. The summed E-state index contributed by atoms with van der Waals surface area (Å²) < 4.78 is 25.9. The highest BCUT2D eigenvalue weighted by molar-refractivity contribution is 6.20. The zero-order chi connectivity index (χ0) is 14.5. The molecule has 0 aliphatic rings. The molecule has 0 saturated heterocycles. The number of halogens is 3. The van der Waals surface area contributed by atoms with Gasteiger partial charge in [0.15, 0.2) is 11.6 Å². The van der Waals surface area contributed by atoms with Gasteiger partial charge >= 0.3 is 0 Å². The van der Waals surface area contributed by atoms with Crippen LogP contribution in [0.1, 0.15) is 23.1 Å². The number of alkyl halides is 1. The molecule has 0 saturated carbocycles. The van der Waals surface area contributed by atoms with E-state index in [0.717, 1.165) is 24.5 Å². The van der Waals surface area contributed by atoms with Gasteiger partial charge in [-0.15, -0.1) is 11.6 Å². The number of aryl methyl sites for hydroxylation is 2. The van der Waals surface area contributed by atoms with Gasteiger partial charge in [-0.3, -0.25) is 0 Å². The van der Waals surface area contributed by atoms with E-state index in [1.807, 2.05) is 0 Å². The van der Waals surface area contributed by atoms with Gasteiger partial charge in [0.1, 0.15) is 0 Å². The molecule has 1 atom stereocenters. The maximum atomic E-state index is 13.1. The molecule has 2 rings (SSSR count). The minimum absolute atomic E-state index is 0.0823. The fourth-order valence-electron chi connectivity index (χ4n) is 2.10. The quantitative estimate of drug-likeness (QED) is 0.677. The summed E-state index contributed by atoms with van der Waals surface area (Å²) in [5, 5.41) is -0.0823. The van der Waals surface area contributed by atoms with E-state index in [0.29, 0.717) is 6.42 Å². The predicted molar refractivity (Wildman–Crippen MR) is 79.2 cm³/mol. The third kappa shape index (κ3) is 4.31. The molecule has 106 valence electrons. The van der Waals surface area contributed by atoms with Crippen LogP contribution >= 0.6 is 11.6 Å². The lowest BCUT2D eigenvalue weighted by Gasteiger charge is -2.10. The third-order valence-corrected chi connectivity index (χ3v) is 3.68. The first-order valence-electron chi connectivity index (χ1n) is 6.68. The van der Waals surface area contributed by atoms with Gasteiger partial charge in [-0.2, -0.15) is 0 Å². The van der Waals surface area contributed by atoms with Gasteiger partial charge in [-0.25, -0.2) is 8.78 Å². The Hall–Kier alpha value is -1.41. The fraction of sp³-hybridized carbons (Fsp3) is 0.294. The predicted octanol–water partition coefficient (Wildman–Crippen LogP) is 5.06. The van der Waals surface area contributed by atoms with Gasteiger partial charge in [0, 0.05) is 5.38 Å². The van der Waals surface area contributed by atoms with Crippen LogP contribution in [0.15, 0.2) is 42.5 Å². The molecule has 0 N–H and O–H groups in total. The molecule has 0 fully saturated rings. The van der Waals surface area contributed by atoms with Gasteiger partial charge < -0.3 is 0 Å². The SMILES string of the molecule is Cc1ccc(CCC(Cl)Cc2ccc(F)c(F)c2)cc1. The topological polar surface area (TPSA) is 0 Å². The van der Waals surface area contributed by atoms with Crippen LogP contribution in [0.3, 0.4) is 0 Å². The summed E-state index contributed by atoms with van der Waals surface area (Å²) in [4.78, 5) is 0. The fourth-order valence-corrected chi connectivity index (χ4v) is 2.39. The van der Waals surface area contributed by atoms with E-state index >= 15 is 0 Å². The molecule has 20 heavy (non-hydrogen) atoms. The summed E-state index contributed by atoms with van der Waals surface area (Å²) in [6, 6.07) is 12.3. The van der Waals surface area contributed by atoms with Crippen LogP contribution in [0.2, 0.25) is 0 Å². The van der Waals surface area contributed by atoms with Crippen molar-refractivity contribution in [1.29, 1.82) is 0 Å². The largest absolute Gasteiger partial charge is 0.204 e. The van der Waals surface area contributed by atoms with Crippen molar-refractivity contribution >= 4 is 11.6 Å². The van der Waals surface area contributed by atoms with Crippen LogP contribution in [-0.4, -0.2) is 5.38 Å². The summed E-state index contributed by atoms with van der Waals surface area (Å²) in [5.41, 5.74) is 3.21. The number of hydrogen-bond acceptors (Lipinski definition) is 0. The van der Waals surface area contributed by atoms with E-state index in [9.17, 15) is 8.78 Å². The second kappa shape index (κ2) is 6.85. The number of hydrogen-bond donors (Lipinski definition) is 0. The molecule has 0 amide bonds. The molecule has 1 unspecified atom stereocenters. The van der Waals surface area contributed by atoms with Crippen LogP contribution < -0.4 is 0 Å². The van der Waals surface area contributed by atoms with Crippen LogP contribution in [0.25, 0.3) is 0 Å². The molecule has 0 radical (unpaired) electrons. The van der Waals surface area contributed by atoms with Crippen LogP contribution in [0, 0.1) is 18.6 Å². The lowest BCUT2D eigenvalue weighted by Crippen LogP contribution is -2.05. The molecular weight excluding hydrogens is 278 g/mol. The summed E-state index contributed by atoms with van der Waals surface area (Å²) in [7, 11) is 0. The summed E-state index contributed by atoms with van der Waals surface area (Å²) in [6.07, 6.45) is 2.24. The first-order chi connectivity index (χ1) is 9.54. The van der Waals surface area contributed by atoms with Crippen molar-refractivity contribution in [1.82, 2.24) is 0 Å². The standard InChI is InChI=1S/C17H17ClF2/c1-12-2-4-13(5-3-12)6-8-15(18)10-14-7-9-16(19)17(20)11-14/h2-5,7,9,11,15H,6,8,10H2,1H3. The average Bonchev–Trinajstić information content (AvgIpc) is 2.42. The maximum Gasteiger partial charge on any atom is 0.159 e. The third-order valence-electron chi connectivity index (χ3n) is 3.31. The molecule has 3 heteroatoms. The van der Waals surface area contributed by atoms with Crippen LogP contribution in [0.5, 0.6) is 0 Å². The second-order valence-corrected chi connectivity index (χ2v) is 5.69. The van der Waals surface area contributed by atoms with Crippen LogP contribution in [-0.2, 0) is 12.8 Å². The Morgan fingerprint density at radius 1 is 0.950 bits per heavy atom. The zero-order valence-corrected chi connectivity index (χ0v) is 12.1.